The van der Waals surface area contributed by atoms with Crippen molar-refractivity contribution in [1.82, 2.24) is 9.97 Å². The van der Waals surface area contributed by atoms with Crippen LogP contribution in [0.15, 0.2) is 61.1 Å². The molecule has 2 aliphatic heterocycles. The smallest absolute Gasteiger partial charge is 0.162 e. The molecule has 3 aromatic rings. The molecule has 0 amide bonds. The molecule has 6 rings (SSSR count). The van der Waals surface area contributed by atoms with Crippen LogP contribution in [-0.2, 0) is 0 Å². The van der Waals surface area contributed by atoms with Crippen molar-refractivity contribution >= 4 is 22.9 Å². The molecule has 1 fully saturated rings. The largest absolute Gasteiger partial charge is 0.315 e. The number of benzene rings is 2. The molecule has 158 valence electrons. The minimum Gasteiger partial charge on any atom is -0.315 e. The maximum Gasteiger partial charge on any atom is 0.162 e. The molecule has 4 heteroatoms. The van der Waals surface area contributed by atoms with E-state index >= 15 is 0 Å². The zero-order chi connectivity index (χ0) is 21.2. The number of rotatable bonds is 3. The summed E-state index contributed by atoms with van der Waals surface area (Å²) in [5, 5.41) is 0. The third-order valence-electron chi connectivity index (χ3n) is 8.38. The lowest BCUT2D eigenvalue weighted by atomic mass is 9.52. The summed E-state index contributed by atoms with van der Waals surface area (Å²) >= 11 is 0. The molecule has 4 unspecified atom stereocenters. The summed E-state index contributed by atoms with van der Waals surface area (Å²) in [6.07, 6.45) is 8.89. The van der Waals surface area contributed by atoms with Gasteiger partial charge in [-0.05, 0) is 67.7 Å². The summed E-state index contributed by atoms with van der Waals surface area (Å²) in [6.45, 7) is 6.99. The van der Waals surface area contributed by atoms with Crippen LogP contribution in [0.3, 0.4) is 0 Å². The Morgan fingerprint density at radius 3 is 2.45 bits per heavy atom. The van der Waals surface area contributed by atoms with Crippen molar-refractivity contribution in [3.05, 3.63) is 72.2 Å². The molecular formula is C27H30N4. The first-order chi connectivity index (χ1) is 15.2. The molecule has 4 atom stereocenters. The molecule has 4 nitrogen and oxygen atoms in total. The highest BCUT2D eigenvalue weighted by Crippen LogP contribution is 2.67. The van der Waals surface area contributed by atoms with Crippen molar-refractivity contribution in [3.63, 3.8) is 0 Å². The Morgan fingerprint density at radius 1 is 0.968 bits per heavy atom. The van der Waals surface area contributed by atoms with E-state index in [2.05, 4.69) is 84.1 Å². The molecule has 0 spiro atoms. The molecule has 0 radical (unpaired) electrons. The average molecular weight is 411 g/mol. The fourth-order valence-corrected chi connectivity index (χ4v) is 6.86. The Kier molecular flexibility index (Phi) is 4.14. The summed E-state index contributed by atoms with van der Waals surface area (Å²) in [5.41, 5.74) is 6.76. The average Bonchev–Trinajstić information content (AvgIpc) is 3.09. The van der Waals surface area contributed by atoms with Crippen LogP contribution >= 0.6 is 0 Å². The second-order valence-corrected chi connectivity index (χ2v) is 9.44. The van der Waals surface area contributed by atoms with Gasteiger partial charge < -0.3 is 9.80 Å². The van der Waals surface area contributed by atoms with Crippen LogP contribution in [0.5, 0.6) is 0 Å². The number of para-hydroxylation sites is 2. The van der Waals surface area contributed by atoms with Gasteiger partial charge >= 0.3 is 0 Å². The highest BCUT2D eigenvalue weighted by molar-refractivity contribution is 5.88. The molecule has 0 N–H and O–H groups in total. The lowest BCUT2D eigenvalue weighted by Gasteiger charge is -2.57. The van der Waals surface area contributed by atoms with E-state index in [1.54, 1.807) is 6.33 Å². The van der Waals surface area contributed by atoms with Gasteiger partial charge in [0, 0.05) is 16.8 Å². The fraction of sp³-hybridized carbons (Fsp3) is 0.407. The van der Waals surface area contributed by atoms with Crippen molar-refractivity contribution in [1.29, 1.82) is 0 Å². The standard InChI is InChI=1S/C27H30N4/c1-4-19-20-11-7-9-13-23(20)30-24-16-28-17-29-25(24)31(22-12-8-6-10-18(22)3)26(30)27(5-2)15-14-21(19)27/h6-13,16-17,19,21,26H,4-5,14-15H2,1-3H3. The fourth-order valence-electron chi connectivity index (χ4n) is 6.86. The van der Waals surface area contributed by atoms with Crippen LogP contribution in [0, 0.1) is 18.3 Å². The Labute approximate surface area is 185 Å². The van der Waals surface area contributed by atoms with Crippen molar-refractivity contribution in [3.8, 4) is 0 Å². The summed E-state index contributed by atoms with van der Waals surface area (Å²) < 4.78 is 0. The maximum atomic E-state index is 4.85. The van der Waals surface area contributed by atoms with Gasteiger partial charge in [-0.1, -0.05) is 50.2 Å². The first-order valence-corrected chi connectivity index (χ1v) is 11.7. The molecule has 2 aromatic carbocycles. The van der Waals surface area contributed by atoms with Gasteiger partial charge in [-0.2, -0.15) is 0 Å². The lowest BCUT2D eigenvalue weighted by molar-refractivity contribution is -0.0136. The molecule has 0 bridgehead atoms. The Balaban J connectivity index is 1.68. The van der Waals surface area contributed by atoms with Gasteiger partial charge in [0.25, 0.3) is 0 Å². The molecule has 1 saturated carbocycles. The predicted octanol–water partition coefficient (Wildman–Crippen LogP) is 6.71. The van der Waals surface area contributed by atoms with Gasteiger partial charge in [-0.25, -0.2) is 9.97 Å². The van der Waals surface area contributed by atoms with E-state index < -0.39 is 0 Å². The minimum atomic E-state index is 0.224. The number of anilines is 4. The van der Waals surface area contributed by atoms with Crippen molar-refractivity contribution in [2.75, 3.05) is 9.80 Å². The summed E-state index contributed by atoms with van der Waals surface area (Å²) in [6, 6.07) is 17.8. The third-order valence-corrected chi connectivity index (χ3v) is 8.38. The van der Waals surface area contributed by atoms with Crippen molar-refractivity contribution in [2.45, 2.75) is 58.5 Å². The first kappa shape index (κ1) is 18.9. The summed E-state index contributed by atoms with van der Waals surface area (Å²) in [7, 11) is 0. The van der Waals surface area contributed by atoms with Crippen LogP contribution in [-0.4, -0.2) is 16.1 Å². The van der Waals surface area contributed by atoms with Crippen LogP contribution in [0.4, 0.5) is 22.9 Å². The number of aryl methyl sites for hydroxylation is 1. The van der Waals surface area contributed by atoms with E-state index in [-0.39, 0.29) is 11.6 Å². The third kappa shape index (κ3) is 2.36. The van der Waals surface area contributed by atoms with Gasteiger partial charge in [-0.15, -0.1) is 0 Å². The second kappa shape index (κ2) is 6.81. The molecule has 0 saturated heterocycles. The lowest BCUT2D eigenvalue weighted by Crippen LogP contribution is -2.59. The Bertz CT molecular complexity index is 1140. The van der Waals surface area contributed by atoms with Gasteiger partial charge in [0.2, 0.25) is 0 Å². The van der Waals surface area contributed by atoms with Gasteiger partial charge in [0.05, 0.1) is 6.20 Å². The van der Waals surface area contributed by atoms with E-state index in [4.69, 9.17) is 4.98 Å². The predicted molar refractivity (Wildman–Crippen MR) is 126 cm³/mol. The highest BCUT2D eigenvalue weighted by Gasteiger charge is 2.62. The number of hydrogen-bond donors (Lipinski definition) is 0. The molecule has 3 heterocycles. The first-order valence-electron chi connectivity index (χ1n) is 11.7. The number of fused-ring (bicyclic) bond motifs is 7. The van der Waals surface area contributed by atoms with E-state index in [1.165, 1.54) is 48.2 Å². The van der Waals surface area contributed by atoms with E-state index in [9.17, 15) is 0 Å². The monoisotopic (exact) mass is 410 g/mol. The molecular weight excluding hydrogens is 380 g/mol. The molecule has 3 aliphatic rings. The van der Waals surface area contributed by atoms with Crippen LogP contribution in [0.1, 0.15) is 56.6 Å². The van der Waals surface area contributed by atoms with Gasteiger partial charge in [0.1, 0.15) is 18.2 Å². The van der Waals surface area contributed by atoms with E-state index in [0.29, 0.717) is 11.8 Å². The van der Waals surface area contributed by atoms with Gasteiger partial charge in [-0.3, -0.25) is 0 Å². The highest BCUT2D eigenvalue weighted by atomic mass is 15.5. The minimum absolute atomic E-state index is 0.224. The van der Waals surface area contributed by atoms with E-state index in [1.807, 2.05) is 6.20 Å². The van der Waals surface area contributed by atoms with Crippen LogP contribution < -0.4 is 9.80 Å². The Hall–Kier alpha value is -2.88. The Morgan fingerprint density at radius 2 is 1.74 bits per heavy atom. The SMILES string of the molecule is CCC1c2ccccc2N2c3cncnc3N(c3ccccc3C)C2C2(CC)CCC12. The van der Waals surface area contributed by atoms with Crippen LogP contribution in [0.25, 0.3) is 0 Å². The summed E-state index contributed by atoms with van der Waals surface area (Å²) in [5.74, 6) is 2.33. The quantitative estimate of drug-likeness (QED) is 0.480. The van der Waals surface area contributed by atoms with Crippen molar-refractivity contribution < 1.29 is 0 Å². The molecule has 31 heavy (non-hydrogen) atoms. The zero-order valence-corrected chi connectivity index (χ0v) is 18.6. The number of aromatic nitrogens is 2. The second-order valence-electron chi connectivity index (χ2n) is 9.44. The van der Waals surface area contributed by atoms with Gasteiger partial charge in [0.15, 0.2) is 5.82 Å². The molecule has 1 aromatic heterocycles. The zero-order valence-electron chi connectivity index (χ0n) is 18.6. The topological polar surface area (TPSA) is 32.3 Å². The molecule has 1 aliphatic carbocycles. The van der Waals surface area contributed by atoms with Crippen molar-refractivity contribution in [2.24, 2.45) is 11.3 Å². The normalized spacial score (nSPS) is 28.2. The number of hydrogen-bond acceptors (Lipinski definition) is 4. The summed E-state index contributed by atoms with van der Waals surface area (Å²) in [4.78, 5) is 14.4. The van der Waals surface area contributed by atoms with Crippen LogP contribution in [0.2, 0.25) is 0 Å². The number of nitrogens with zero attached hydrogens (tertiary/aromatic N) is 4. The maximum absolute atomic E-state index is 4.85. The van der Waals surface area contributed by atoms with E-state index in [0.717, 1.165) is 11.5 Å².